The third-order valence-corrected chi connectivity index (χ3v) is 4.71. The van der Waals surface area contributed by atoms with Crippen molar-refractivity contribution in [2.75, 3.05) is 6.61 Å². The Morgan fingerprint density at radius 2 is 2.22 bits per heavy atom. The van der Waals surface area contributed by atoms with Gasteiger partial charge in [-0.1, -0.05) is 24.3 Å². The first kappa shape index (κ1) is 12.0. The Balaban J connectivity index is 1.85. The van der Waals surface area contributed by atoms with E-state index in [1.807, 2.05) is 24.6 Å². The lowest BCUT2D eigenvalue weighted by Crippen LogP contribution is -2.15. The first-order valence-electron chi connectivity index (χ1n) is 5.55. The van der Waals surface area contributed by atoms with Crippen LogP contribution in [0.3, 0.4) is 0 Å². The van der Waals surface area contributed by atoms with Crippen LogP contribution in [0.1, 0.15) is 17.3 Å². The van der Waals surface area contributed by atoms with Crippen molar-refractivity contribution < 1.29 is 8.39 Å². The Labute approximate surface area is 112 Å². The first-order valence-corrected chi connectivity index (χ1v) is 7.51. The van der Waals surface area contributed by atoms with Crippen molar-refractivity contribution >= 4 is 22.6 Å². The second-order valence-corrected chi connectivity index (χ2v) is 5.87. The zero-order valence-electron chi connectivity index (χ0n) is 9.75. The molecule has 1 aliphatic rings. The molecule has 0 aliphatic carbocycles. The lowest BCUT2D eigenvalue weighted by atomic mass is 10.1. The summed E-state index contributed by atoms with van der Waals surface area (Å²) in [4.78, 5) is 5.44. The van der Waals surface area contributed by atoms with Gasteiger partial charge in [0, 0.05) is 0 Å². The molecule has 4 nitrogen and oxygen atoms in total. The maximum Gasteiger partial charge on any atom is 0.235 e. The van der Waals surface area contributed by atoms with E-state index in [0.717, 1.165) is 11.3 Å². The maximum absolute atomic E-state index is 11.1. The number of nitrogens with one attached hydrogen (secondary N) is 1. The second kappa shape index (κ2) is 4.89. The van der Waals surface area contributed by atoms with Crippen molar-refractivity contribution in [2.45, 2.75) is 13.0 Å². The number of hydrogen-bond acceptors (Lipinski definition) is 4. The molecular formula is C12H12N2O2S2. The van der Waals surface area contributed by atoms with Gasteiger partial charge in [0.1, 0.15) is 0 Å². The average Bonchev–Trinajstić information content (AvgIpc) is 2.98. The van der Waals surface area contributed by atoms with Crippen molar-refractivity contribution in [1.82, 2.24) is 9.71 Å². The number of nitrogens with zero attached hydrogens (tertiary/aromatic N) is 1. The number of thiazole rings is 1. The molecule has 1 saturated heterocycles. The molecule has 0 spiro atoms. The molecule has 94 valence electrons. The van der Waals surface area contributed by atoms with Crippen LogP contribution in [0, 0.1) is 6.92 Å². The van der Waals surface area contributed by atoms with Gasteiger partial charge < -0.3 is 0 Å². The number of aryl methyl sites for hydroxylation is 1. The van der Waals surface area contributed by atoms with Gasteiger partial charge in [0.2, 0.25) is 11.3 Å². The van der Waals surface area contributed by atoms with E-state index < -0.39 is 11.3 Å². The van der Waals surface area contributed by atoms with E-state index in [0.29, 0.717) is 6.61 Å². The summed E-state index contributed by atoms with van der Waals surface area (Å²) in [5.74, 6) is 0. The summed E-state index contributed by atoms with van der Waals surface area (Å²) in [6, 6.07) is 8.23. The Morgan fingerprint density at radius 3 is 2.78 bits per heavy atom. The van der Waals surface area contributed by atoms with Gasteiger partial charge in [-0.2, -0.15) is 0 Å². The lowest BCUT2D eigenvalue weighted by Gasteiger charge is -2.08. The zero-order valence-corrected chi connectivity index (χ0v) is 11.4. The predicted molar refractivity (Wildman–Crippen MR) is 72.3 cm³/mol. The molecule has 3 rings (SSSR count). The van der Waals surface area contributed by atoms with E-state index in [9.17, 15) is 4.21 Å². The molecule has 1 fully saturated rings. The van der Waals surface area contributed by atoms with Gasteiger partial charge in [0.05, 0.1) is 28.7 Å². The molecule has 6 heteroatoms. The highest BCUT2D eigenvalue weighted by Crippen LogP contribution is 2.28. The van der Waals surface area contributed by atoms with E-state index >= 15 is 0 Å². The van der Waals surface area contributed by atoms with Crippen LogP contribution in [-0.2, 0) is 15.4 Å². The van der Waals surface area contributed by atoms with E-state index in [-0.39, 0.29) is 6.04 Å². The SMILES string of the molecule is Cc1ncsc1-c1ccc(C2COS(=O)N2)cc1. The number of aromatic nitrogens is 1. The minimum absolute atomic E-state index is 0.0161. The monoisotopic (exact) mass is 280 g/mol. The summed E-state index contributed by atoms with van der Waals surface area (Å²) < 4.78 is 19.0. The third-order valence-electron chi connectivity index (χ3n) is 2.90. The van der Waals surface area contributed by atoms with Gasteiger partial charge in [-0.25, -0.2) is 13.9 Å². The fourth-order valence-corrected chi connectivity index (χ4v) is 3.50. The van der Waals surface area contributed by atoms with Crippen molar-refractivity contribution in [3.63, 3.8) is 0 Å². The summed E-state index contributed by atoms with van der Waals surface area (Å²) >= 11 is 0.291. The molecule has 0 amide bonds. The largest absolute Gasteiger partial charge is 0.276 e. The molecule has 0 bridgehead atoms. The Bertz CT molecular complexity index is 580. The normalized spacial score (nSPS) is 23.4. The van der Waals surface area contributed by atoms with E-state index in [1.165, 1.54) is 10.4 Å². The summed E-state index contributed by atoms with van der Waals surface area (Å²) in [5.41, 5.74) is 5.16. The molecule has 2 atom stereocenters. The molecule has 18 heavy (non-hydrogen) atoms. The molecule has 1 aromatic heterocycles. The molecule has 0 saturated carbocycles. The van der Waals surface area contributed by atoms with Crippen LogP contribution in [0.4, 0.5) is 0 Å². The zero-order chi connectivity index (χ0) is 12.5. The second-order valence-electron chi connectivity index (χ2n) is 4.08. The average molecular weight is 280 g/mol. The maximum atomic E-state index is 11.1. The number of benzene rings is 1. The molecule has 1 aliphatic heterocycles. The minimum Gasteiger partial charge on any atom is -0.276 e. The molecule has 2 aromatic rings. The quantitative estimate of drug-likeness (QED) is 0.918. The Morgan fingerprint density at radius 1 is 1.44 bits per heavy atom. The van der Waals surface area contributed by atoms with Gasteiger partial charge in [-0.3, -0.25) is 4.18 Å². The molecule has 1 aromatic carbocycles. The lowest BCUT2D eigenvalue weighted by molar-refractivity contribution is 0.359. The fourth-order valence-electron chi connectivity index (χ4n) is 1.92. The van der Waals surface area contributed by atoms with Gasteiger partial charge >= 0.3 is 0 Å². The van der Waals surface area contributed by atoms with Gasteiger partial charge in [-0.15, -0.1) is 11.3 Å². The van der Waals surface area contributed by atoms with Crippen LogP contribution < -0.4 is 4.72 Å². The smallest absolute Gasteiger partial charge is 0.235 e. The predicted octanol–water partition coefficient (Wildman–Crippen LogP) is 2.36. The van der Waals surface area contributed by atoms with Crippen LogP contribution >= 0.6 is 11.3 Å². The topological polar surface area (TPSA) is 51.2 Å². The molecule has 2 unspecified atom stereocenters. The molecule has 2 heterocycles. The Kier molecular flexibility index (Phi) is 3.25. The fraction of sp³-hybridized carbons (Fsp3) is 0.250. The van der Waals surface area contributed by atoms with Gasteiger partial charge in [0.15, 0.2) is 0 Å². The summed E-state index contributed by atoms with van der Waals surface area (Å²) in [7, 11) is 0. The van der Waals surface area contributed by atoms with Gasteiger partial charge in [0.25, 0.3) is 0 Å². The number of hydrogen-bond donors (Lipinski definition) is 1. The molecule has 1 N–H and O–H groups in total. The van der Waals surface area contributed by atoms with Crippen molar-refractivity contribution in [3.8, 4) is 10.4 Å². The van der Waals surface area contributed by atoms with Crippen LogP contribution in [0.5, 0.6) is 0 Å². The third kappa shape index (κ3) is 2.24. The van der Waals surface area contributed by atoms with Crippen LogP contribution in [-0.4, -0.2) is 15.8 Å². The first-order chi connectivity index (χ1) is 8.74. The van der Waals surface area contributed by atoms with Crippen molar-refractivity contribution in [2.24, 2.45) is 0 Å². The van der Waals surface area contributed by atoms with E-state index in [1.54, 1.807) is 11.3 Å². The van der Waals surface area contributed by atoms with Gasteiger partial charge in [-0.05, 0) is 18.1 Å². The van der Waals surface area contributed by atoms with Crippen molar-refractivity contribution in [3.05, 3.63) is 41.0 Å². The van der Waals surface area contributed by atoms with E-state index in [2.05, 4.69) is 21.8 Å². The highest BCUT2D eigenvalue weighted by atomic mass is 32.2. The van der Waals surface area contributed by atoms with Crippen molar-refractivity contribution in [1.29, 1.82) is 0 Å². The standard InChI is InChI=1S/C12H12N2O2S2/c1-8-12(17-7-13-8)10-4-2-9(3-5-10)11-6-16-18(15)14-11/h2-5,7,11,14H,6H2,1H3. The van der Waals surface area contributed by atoms with E-state index in [4.69, 9.17) is 4.18 Å². The summed E-state index contributed by atoms with van der Waals surface area (Å²) in [6.45, 7) is 2.46. The summed E-state index contributed by atoms with van der Waals surface area (Å²) in [6.07, 6.45) is 0. The molecular weight excluding hydrogens is 268 g/mol. The van der Waals surface area contributed by atoms with Crippen LogP contribution in [0.25, 0.3) is 10.4 Å². The highest BCUT2D eigenvalue weighted by molar-refractivity contribution is 7.78. The Hall–Kier alpha value is -1.08. The summed E-state index contributed by atoms with van der Waals surface area (Å²) in [5, 5.41) is 0. The highest BCUT2D eigenvalue weighted by Gasteiger charge is 2.22. The minimum atomic E-state index is -1.35. The molecule has 0 radical (unpaired) electrons. The van der Waals surface area contributed by atoms with Crippen LogP contribution in [0.2, 0.25) is 0 Å². The number of rotatable bonds is 2. The van der Waals surface area contributed by atoms with Crippen LogP contribution in [0.15, 0.2) is 29.8 Å².